The van der Waals surface area contributed by atoms with Crippen molar-refractivity contribution in [2.24, 2.45) is 0 Å². The third-order valence-corrected chi connectivity index (χ3v) is 3.63. The van der Waals surface area contributed by atoms with Gasteiger partial charge in [-0.3, -0.25) is 4.79 Å². The molecule has 5 heteroatoms. The van der Waals surface area contributed by atoms with Crippen LogP contribution >= 0.6 is 11.6 Å². The van der Waals surface area contributed by atoms with Crippen molar-refractivity contribution in [2.45, 2.75) is 20.8 Å². The van der Waals surface area contributed by atoms with Gasteiger partial charge in [-0.2, -0.15) is 0 Å². The van der Waals surface area contributed by atoms with E-state index in [9.17, 15) is 9.18 Å². The van der Waals surface area contributed by atoms with E-state index in [0.717, 1.165) is 17.7 Å². The molecule has 0 aromatic heterocycles. The summed E-state index contributed by atoms with van der Waals surface area (Å²) in [6.07, 6.45) is 0. The summed E-state index contributed by atoms with van der Waals surface area (Å²) in [5.74, 6) is -0.0305. The molecule has 0 radical (unpaired) electrons. The Balaban J connectivity index is 2.51. The van der Waals surface area contributed by atoms with Crippen molar-refractivity contribution in [1.29, 1.82) is 0 Å². The number of Topliss-reactive ketones (excluding diaryl/α,β-unsaturated/α-hetero) is 1. The van der Waals surface area contributed by atoms with Gasteiger partial charge in [0.05, 0.1) is 5.69 Å². The summed E-state index contributed by atoms with van der Waals surface area (Å²) < 4.78 is 19.1. The Hall–Kier alpha value is -2.07. The molecule has 0 fully saturated rings. The lowest BCUT2D eigenvalue weighted by Gasteiger charge is -2.15. The van der Waals surface area contributed by atoms with E-state index >= 15 is 0 Å². The van der Waals surface area contributed by atoms with Crippen LogP contribution < -0.4 is 10.5 Å². The summed E-state index contributed by atoms with van der Waals surface area (Å²) in [4.78, 5) is 11.7. The van der Waals surface area contributed by atoms with Gasteiger partial charge < -0.3 is 10.5 Å². The highest BCUT2D eigenvalue weighted by Gasteiger charge is 2.15. The summed E-state index contributed by atoms with van der Waals surface area (Å²) in [5.41, 5.74) is 7.84. The van der Waals surface area contributed by atoms with Crippen molar-refractivity contribution >= 4 is 23.1 Å². The molecule has 0 aliphatic heterocycles. The van der Waals surface area contributed by atoms with E-state index in [0.29, 0.717) is 16.9 Å². The van der Waals surface area contributed by atoms with Crippen molar-refractivity contribution < 1.29 is 13.9 Å². The fourth-order valence-electron chi connectivity index (χ4n) is 2.26. The summed E-state index contributed by atoms with van der Waals surface area (Å²) in [7, 11) is 0. The highest BCUT2D eigenvalue weighted by Crippen LogP contribution is 2.36. The summed E-state index contributed by atoms with van der Waals surface area (Å²) >= 11 is 6.02. The molecule has 2 aromatic rings. The van der Waals surface area contributed by atoms with E-state index in [1.807, 2.05) is 6.92 Å². The smallest absolute Gasteiger partial charge is 0.160 e. The number of halogens is 2. The van der Waals surface area contributed by atoms with Crippen LogP contribution in [0.1, 0.15) is 28.4 Å². The van der Waals surface area contributed by atoms with Crippen LogP contribution in [0.15, 0.2) is 24.3 Å². The van der Waals surface area contributed by atoms with Crippen molar-refractivity contribution in [3.05, 3.63) is 51.8 Å². The second kappa shape index (κ2) is 5.74. The number of hydrogen-bond acceptors (Lipinski definition) is 3. The van der Waals surface area contributed by atoms with Crippen LogP contribution in [0.3, 0.4) is 0 Å². The summed E-state index contributed by atoms with van der Waals surface area (Å²) in [6.45, 7) is 5.11. The number of benzene rings is 2. The number of ketones is 1. The first-order valence-electron chi connectivity index (χ1n) is 6.34. The minimum absolute atomic E-state index is 0.0553. The molecule has 2 rings (SSSR count). The molecule has 21 heavy (non-hydrogen) atoms. The van der Waals surface area contributed by atoms with Gasteiger partial charge in [-0.1, -0.05) is 17.7 Å². The monoisotopic (exact) mass is 307 g/mol. The first kappa shape index (κ1) is 15.3. The Morgan fingerprint density at radius 3 is 2.52 bits per heavy atom. The molecule has 0 amide bonds. The van der Waals surface area contributed by atoms with Crippen LogP contribution in [0.2, 0.25) is 5.02 Å². The van der Waals surface area contributed by atoms with Crippen LogP contribution in [-0.4, -0.2) is 5.78 Å². The lowest BCUT2D eigenvalue weighted by molar-refractivity contribution is 0.101. The molecule has 0 heterocycles. The quantitative estimate of drug-likeness (QED) is 0.662. The Bertz CT molecular complexity index is 729. The van der Waals surface area contributed by atoms with E-state index in [1.54, 1.807) is 19.1 Å². The van der Waals surface area contributed by atoms with Crippen molar-refractivity contribution in [3.8, 4) is 11.5 Å². The van der Waals surface area contributed by atoms with E-state index in [2.05, 4.69) is 0 Å². The van der Waals surface area contributed by atoms with E-state index in [-0.39, 0.29) is 22.2 Å². The number of ether oxygens (including phenoxy) is 1. The van der Waals surface area contributed by atoms with Crippen LogP contribution in [0.4, 0.5) is 10.1 Å². The maximum atomic E-state index is 13.4. The number of anilines is 1. The molecule has 3 nitrogen and oxygen atoms in total. The zero-order valence-corrected chi connectivity index (χ0v) is 12.7. The molecule has 0 aliphatic carbocycles. The molecule has 0 saturated carbocycles. The minimum atomic E-state index is -0.538. The molecule has 0 spiro atoms. The van der Waals surface area contributed by atoms with Gasteiger partial charge in [-0.15, -0.1) is 0 Å². The number of nitrogens with two attached hydrogens (primary N) is 1. The Kier molecular flexibility index (Phi) is 4.19. The van der Waals surface area contributed by atoms with E-state index in [1.165, 1.54) is 6.92 Å². The first-order valence-corrected chi connectivity index (χ1v) is 6.72. The van der Waals surface area contributed by atoms with Crippen LogP contribution in [-0.2, 0) is 0 Å². The SMILES string of the molecule is CC(=O)c1c(C)ccc(Oc2cc(F)cc(N)c2Cl)c1C. The number of nitrogen functional groups attached to an aromatic ring is 1. The zero-order chi connectivity index (χ0) is 15.7. The molecule has 2 N–H and O–H groups in total. The molecule has 0 bridgehead atoms. The van der Waals surface area contributed by atoms with Gasteiger partial charge in [0.15, 0.2) is 11.5 Å². The van der Waals surface area contributed by atoms with Crippen molar-refractivity contribution in [2.75, 3.05) is 5.73 Å². The summed E-state index contributed by atoms with van der Waals surface area (Å²) in [6, 6.07) is 5.77. The van der Waals surface area contributed by atoms with Gasteiger partial charge in [-0.05, 0) is 38.5 Å². The fourth-order valence-corrected chi connectivity index (χ4v) is 2.41. The number of aryl methyl sites for hydroxylation is 1. The Morgan fingerprint density at radius 2 is 1.90 bits per heavy atom. The molecule has 0 unspecified atom stereocenters. The number of carbonyl (C=O) groups is 1. The molecule has 0 aliphatic rings. The van der Waals surface area contributed by atoms with Gasteiger partial charge in [0.25, 0.3) is 0 Å². The Labute approximate surface area is 127 Å². The minimum Gasteiger partial charge on any atom is -0.455 e. The van der Waals surface area contributed by atoms with Gasteiger partial charge in [-0.25, -0.2) is 4.39 Å². The molecular formula is C16H15ClFNO2. The topological polar surface area (TPSA) is 52.3 Å². The van der Waals surface area contributed by atoms with Gasteiger partial charge in [0.2, 0.25) is 0 Å². The lowest BCUT2D eigenvalue weighted by Crippen LogP contribution is -2.02. The van der Waals surface area contributed by atoms with Gasteiger partial charge in [0.1, 0.15) is 16.6 Å². The predicted octanol–water partition coefficient (Wildman–Crippen LogP) is 4.67. The molecular weight excluding hydrogens is 293 g/mol. The van der Waals surface area contributed by atoms with Crippen LogP contribution in [0.5, 0.6) is 11.5 Å². The average molecular weight is 308 g/mol. The summed E-state index contributed by atoms with van der Waals surface area (Å²) in [5, 5.41) is 0.140. The lowest BCUT2D eigenvalue weighted by atomic mass is 9.99. The predicted molar refractivity (Wildman–Crippen MR) is 81.8 cm³/mol. The van der Waals surface area contributed by atoms with Crippen molar-refractivity contribution in [3.63, 3.8) is 0 Å². The molecule has 2 aromatic carbocycles. The normalized spacial score (nSPS) is 10.5. The fraction of sp³-hybridized carbons (Fsp3) is 0.188. The molecule has 0 atom stereocenters. The van der Waals surface area contributed by atoms with Crippen LogP contribution in [0.25, 0.3) is 0 Å². The zero-order valence-electron chi connectivity index (χ0n) is 12.0. The highest BCUT2D eigenvalue weighted by atomic mass is 35.5. The highest BCUT2D eigenvalue weighted by molar-refractivity contribution is 6.34. The standard InChI is InChI=1S/C16H15ClFNO2/c1-8-4-5-13(9(2)15(8)10(3)20)21-14-7-11(18)6-12(19)16(14)17/h4-7H,19H2,1-3H3. The number of hydrogen-bond donors (Lipinski definition) is 1. The van der Waals surface area contributed by atoms with E-state index < -0.39 is 5.82 Å². The molecule has 110 valence electrons. The maximum absolute atomic E-state index is 13.4. The third kappa shape index (κ3) is 3.00. The maximum Gasteiger partial charge on any atom is 0.160 e. The van der Waals surface area contributed by atoms with Crippen LogP contribution in [0, 0.1) is 19.7 Å². The number of rotatable bonds is 3. The van der Waals surface area contributed by atoms with E-state index in [4.69, 9.17) is 22.1 Å². The van der Waals surface area contributed by atoms with Gasteiger partial charge >= 0.3 is 0 Å². The van der Waals surface area contributed by atoms with Gasteiger partial charge in [0, 0.05) is 17.2 Å². The largest absolute Gasteiger partial charge is 0.455 e. The molecule has 0 saturated heterocycles. The average Bonchev–Trinajstić information content (AvgIpc) is 2.38. The second-order valence-corrected chi connectivity index (χ2v) is 5.22. The Morgan fingerprint density at radius 1 is 1.24 bits per heavy atom. The first-order chi connectivity index (χ1) is 9.81. The second-order valence-electron chi connectivity index (χ2n) is 4.85. The van der Waals surface area contributed by atoms with Crippen molar-refractivity contribution in [1.82, 2.24) is 0 Å². The third-order valence-electron chi connectivity index (χ3n) is 3.23. The number of carbonyl (C=O) groups excluding carboxylic acids is 1.